The number of hydrogen-bond acceptors (Lipinski definition) is 3. The maximum absolute atomic E-state index is 10.9. The summed E-state index contributed by atoms with van der Waals surface area (Å²) in [6.07, 6.45) is 0. The van der Waals surface area contributed by atoms with Crippen molar-refractivity contribution in [3.8, 4) is 0 Å². The third-order valence-electron chi connectivity index (χ3n) is 1.46. The van der Waals surface area contributed by atoms with Crippen LogP contribution in [0.25, 0.3) is 0 Å². The van der Waals surface area contributed by atoms with Crippen LogP contribution in [-0.2, 0) is 0 Å². The molecule has 0 amide bonds. The molecule has 0 aliphatic heterocycles. The van der Waals surface area contributed by atoms with Gasteiger partial charge < -0.3 is 0 Å². The zero-order chi connectivity index (χ0) is 8.43. The van der Waals surface area contributed by atoms with Gasteiger partial charge in [0.15, 0.2) is 11.5 Å². The van der Waals surface area contributed by atoms with Gasteiger partial charge in [0.05, 0.1) is 5.69 Å². The Hall–Kier alpha value is -1.19. The number of aromatic amines is 1. The zero-order valence-electron chi connectivity index (χ0n) is 6.88. The molecule has 1 N–H and O–H groups in total. The van der Waals surface area contributed by atoms with Gasteiger partial charge in [-0.25, -0.2) is 0 Å². The number of rotatable bonds is 2. The molecule has 0 spiro atoms. The minimum absolute atomic E-state index is 0.0394. The van der Waals surface area contributed by atoms with Crippen LogP contribution in [0.1, 0.15) is 42.9 Å². The number of carbonyl (C=O) groups excluding carboxylic acids is 1. The van der Waals surface area contributed by atoms with E-state index in [1.54, 1.807) is 0 Å². The number of aromatic nitrogens is 3. The minimum atomic E-state index is -0.0394. The third kappa shape index (κ3) is 1.45. The number of nitrogens with one attached hydrogen (secondary N) is 1. The molecule has 0 saturated heterocycles. The Morgan fingerprint density at radius 1 is 1.45 bits per heavy atom. The van der Waals surface area contributed by atoms with Gasteiger partial charge in [-0.05, 0) is 5.92 Å². The number of carbonyl (C=O) groups is 1. The molecule has 0 radical (unpaired) electrons. The Labute approximate surface area is 65.0 Å². The molecule has 60 valence electrons. The van der Waals surface area contributed by atoms with Crippen molar-refractivity contribution in [3.63, 3.8) is 0 Å². The molecule has 0 aliphatic rings. The third-order valence-corrected chi connectivity index (χ3v) is 1.46. The van der Waals surface area contributed by atoms with Crippen molar-refractivity contribution in [2.45, 2.75) is 26.7 Å². The van der Waals surface area contributed by atoms with Gasteiger partial charge in [-0.15, -0.1) is 0 Å². The van der Waals surface area contributed by atoms with E-state index in [1.807, 2.05) is 13.8 Å². The van der Waals surface area contributed by atoms with Crippen molar-refractivity contribution in [1.82, 2.24) is 15.4 Å². The van der Waals surface area contributed by atoms with Crippen LogP contribution >= 0.6 is 0 Å². The first-order valence-electron chi connectivity index (χ1n) is 3.54. The second-order valence-electron chi connectivity index (χ2n) is 2.77. The molecule has 11 heavy (non-hydrogen) atoms. The largest absolute Gasteiger partial charge is 0.293 e. The molecule has 0 saturated carbocycles. The van der Waals surface area contributed by atoms with Crippen LogP contribution in [0.4, 0.5) is 0 Å². The summed E-state index contributed by atoms with van der Waals surface area (Å²) >= 11 is 0. The van der Waals surface area contributed by atoms with E-state index in [2.05, 4.69) is 15.4 Å². The number of nitrogens with zero attached hydrogens (tertiary/aromatic N) is 2. The molecule has 1 aromatic rings. The number of ketones is 1. The molecule has 4 heteroatoms. The molecule has 0 unspecified atom stereocenters. The quantitative estimate of drug-likeness (QED) is 0.648. The van der Waals surface area contributed by atoms with Gasteiger partial charge in [0, 0.05) is 6.92 Å². The summed E-state index contributed by atoms with van der Waals surface area (Å²) in [5, 5.41) is 10.1. The van der Waals surface area contributed by atoms with E-state index < -0.39 is 0 Å². The van der Waals surface area contributed by atoms with Crippen molar-refractivity contribution >= 4 is 5.78 Å². The van der Waals surface area contributed by atoms with Crippen molar-refractivity contribution in [1.29, 1.82) is 0 Å². The second-order valence-corrected chi connectivity index (χ2v) is 2.77. The number of hydrogen-bond donors (Lipinski definition) is 1. The molecule has 1 aromatic heterocycles. The number of H-pyrrole nitrogens is 1. The molecule has 0 bridgehead atoms. The summed E-state index contributed by atoms with van der Waals surface area (Å²) in [7, 11) is 0. The van der Waals surface area contributed by atoms with Crippen molar-refractivity contribution < 1.29 is 4.79 Å². The van der Waals surface area contributed by atoms with Gasteiger partial charge in [-0.1, -0.05) is 13.8 Å². The molecule has 0 aliphatic carbocycles. The van der Waals surface area contributed by atoms with E-state index in [1.165, 1.54) is 6.92 Å². The molecule has 0 fully saturated rings. The summed E-state index contributed by atoms with van der Waals surface area (Å²) in [6.45, 7) is 5.44. The summed E-state index contributed by atoms with van der Waals surface area (Å²) in [5.74, 6) is 0.204. The number of Topliss-reactive ketones (excluding diaryl/α,β-unsaturated/α-hetero) is 1. The van der Waals surface area contributed by atoms with Crippen LogP contribution in [0.2, 0.25) is 0 Å². The summed E-state index contributed by atoms with van der Waals surface area (Å²) in [6, 6.07) is 0. The Balaban J connectivity index is 3.06. The molecule has 1 rings (SSSR count). The van der Waals surface area contributed by atoms with Crippen LogP contribution in [0.15, 0.2) is 0 Å². The highest BCUT2D eigenvalue weighted by Crippen LogP contribution is 2.13. The van der Waals surface area contributed by atoms with Gasteiger partial charge in [0.25, 0.3) is 0 Å². The fraction of sp³-hybridized carbons (Fsp3) is 0.571. The van der Waals surface area contributed by atoms with E-state index in [9.17, 15) is 4.79 Å². The predicted molar refractivity (Wildman–Crippen MR) is 40.5 cm³/mol. The monoisotopic (exact) mass is 153 g/mol. The van der Waals surface area contributed by atoms with Crippen LogP contribution in [0.3, 0.4) is 0 Å². The van der Waals surface area contributed by atoms with Gasteiger partial charge >= 0.3 is 0 Å². The average Bonchev–Trinajstić information content (AvgIpc) is 2.32. The fourth-order valence-electron chi connectivity index (χ4n) is 0.901. The van der Waals surface area contributed by atoms with E-state index in [-0.39, 0.29) is 11.7 Å². The molecule has 0 atom stereocenters. The first-order valence-corrected chi connectivity index (χ1v) is 3.54. The van der Waals surface area contributed by atoms with E-state index in [0.29, 0.717) is 5.69 Å². The second kappa shape index (κ2) is 2.82. The Bertz CT molecular complexity index is 264. The Morgan fingerprint density at radius 2 is 2.09 bits per heavy atom. The van der Waals surface area contributed by atoms with Crippen LogP contribution in [0, 0.1) is 0 Å². The predicted octanol–water partition coefficient (Wildman–Crippen LogP) is 1.13. The topological polar surface area (TPSA) is 58.6 Å². The highest BCUT2D eigenvalue weighted by atomic mass is 16.1. The van der Waals surface area contributed by atoms with E-state index in [0.717, 1.165) is 5.69 Å². The van der Waals surface area contributed by atoms with Gasteiger partial charge in [-0.2, -0.15) is 15.4 Å². The van der Waals surface area contributed by atoms with Gasteiger partial charge in [-0.3, -0.25) is 4.79 Å². The van der Waals surface area contributed by atoms with Crippen LogP contribution in [-0.4, -0.2) is 21.2 Å². The molecular weight excluding hydrogens is 142 g/mol. The standard InChI is InChI=1S/C7H11N3O/c1-4(2)6-7(5(3)11)9-10-8-6/h4H,1-3H3,(H,8,9,10). The lowest BCUT2D eigenvalue weighted by molar-refractivity contribution is 0.101. The first kappa shape index (κ1) is 7.91. The fourth-order valence-corrected chi connectivity index (χ4v) is 0.901. The van der Waals surface area contributed by atoms with Crippen molar-refractivity contribution in [2.75, 3.05) is 0 Å². The highest BCUT2D eigenvalue weighted by molar-refractivity contribution is 5.93. The van der Waals surface area contributed by atoms with Gasteiger partial charge in [0.1, 0.15) is 0 Å². The summed E-state index contributed by atoms with van der Waals surface area (Å²) in [4.78, 5) is 10.9. The Kier molecular flexibility index (Phi) is 2.03. The van der Waals surface area contributed by atoms with Crippen LogP contribution < -0.4 is 0 Å². The molecule has 0 aromatic carbocycles. The maximum Gasteiger partial charge on any atom is 0.181 e. The first-order chi connectivity index (χ1) is 5.13. The smallest absolute Gasteiger partial charge is 0.181 e. The molecule has 1 heterocycles. The van der Waals surface area contributed by atoms with E-state index >= 15 is 0 Å². The highest BCUT2D eigenvalue weighted by Gasteiger charge is 2.14. The molecular formula is C7H11N3O. The summed E-state index contributed by atoms with van der Waals surface area (Å²) < 4.78 is 0. The van der Waals surface area contributed by atoms with Crippen molar-refractivity contribution in [2.24, 2.45) is 0 Å². The SMILES string of the molecule is CC(=O)c1n[nH]nc1C(C)C. The maximum atomic E-state index is 10.9. The minimum Gasteiger partial charge on any atom is -0.293 e. The van der Waals surface area contributed by atoms with E-state index in [4.69, 9.17) is 0 Å². The summed E-state index contributed by atoms with van der Waals surface area (Å²) in [5.41, 5.74) is 1.21. The zero-order valence-corrected chi connectivity index (χ0v) is 6.88. The van der Waals surface area contributed by atoms with Crippen LogP contribution in [0.5, 0.6) is 0 Å². The Morgan fingerprint density at radius 3 is 2.45 bits per heavy atom. The van der Waals surface area contributed by atoms with Gasteiger partial charge in [0.2, 0.25) is 0 Å². The normalized spacial score (nSPS) is 10.5. The lowest BCUT2D eigenvalue weighted by Crippen LogP contribution is -2.00. The lowest BCUT2D eigenvalue weighted by atomic mass is 10.1. The lowest BCUT2D eigenvalue weighted by Gasteiger charge is -1.98. The van der Waals surface area contributed by atoms with Crippen molar-refractivity contribution in [3.05, 3.63) is 11.4 Å². The average molecular weight is 153 g/mol. The molecule has 4 nitrogen and oxygen atoms in total.